The summed E-state index contributed by atoms with van der Waals surface area (Å²) in [5.41, 5.74) is 5.13. The van der Waals surface area contributed by atoms with E-state index < -0.39 is 34.5 Å². The maximum atomic E-state index is 13.2. The van der Waals surface area contributed by atoms with Crippen LogP contribution in [0.25, 0.3) is 11.0 Å². The van der Waals surface area contributed by atoms with Crippen molar-refractivity contribution in [2.24, 2.45) is 4.99 Å². The molecule has 0 aliphatic rings. The Bertz CT molecular complexity index is 1610. The van der Waals surface area contributed by atoms with Gasteiger partial charge < -0.3 is 14.2 Å². The first-order valence-electron chi connectivity index (χ1n) is 11.9. The van der Waals surface area contributed by atoms with Crippen molar-refractivity contribution in [1.29, 1.82) is 0 Å². The zero-order chi connectivity index (χ0) is 27.4. The molecule has 0 radical (unpaired) electrons. The number of alkyl halides is 2. The molecule has 3 aromatic carbocycles. The molecule has 1 aromatic heterocycles. The summed E-state index contributed by atoms with van der Waals surface area (Å²) in [6, 6.07) is 21.7. The third-order valence-corrected chi connectivity index (χ3v) is 7.30. The lowest BCUT2D eigenvalue weighted by atomic mass is 10.0. The lowest BCUT2D eigenvalue weighted by Crippen LogP contribution is -2.39. The van der Waals surface area contributed by atoms with Gasteiger partial charge in [-0.05, 0) is 43.5 Å². The minimum atomic E-state index is -4.89. The van der Waals surface area contributed by atoms with Gasteiger partial charge >= 0.3 is 11.9 Å². The quantitative estimate of drug-likeness (QED) is 0.322. The lowest BCUT2D eigenvalue weighted by Gasteiger charge is -2.21. The first kappa shape index (κ1) is 27.2. The molecule has 0 saturated heterocycles. The number of rotatable bonds is 9. The highest BCUT2D eigenvalue weighted by Gasteiger charge is 2.27. The smallest absolute Gasteiger partial charge is 0.434 e. The maximum absolute atomic E-state index is 13.2. The van der Waals surface area contributed by atoms with Crippen molar-refractivity contribution in [2.75, 3.05) is 6.54 Å². The van der Waals surface area contributed by atoms with Crippen molar-refractivity contribution in [3.05, 3.63) is 101 Å². The summed E-state index contributed by atoms with van der Waals surface area (Å²) < 4.78 is 55.6. The third kappa shape index (κ3) is 6.17. The van der Waals surface area contributed by atoms with Gasteiger partial charge in [0, 0.05) is 6.54 Å². The summed E-state index contributed by atoms with van der Waals surface area (Å²) in [6.45, 7) is 3.78. The van der Waals surface area contributed by atoms with Crippen LogP contribution >= 0.6 is 0 Å². The molecule has 1 amide bonds. The Labute approximate surface area is 218 Å². The Morgan fingerprint density at radius 3 is 2.03 bits per heavy atom. The van der Waals surface area contributed by atoms with E-state index in [1.54, 1.807) is 27.3 Å². The third-order valence-electron chi connectivity index (χ3n) is 6.26. The van der Waals surface area contributed by atoms with Gasteiger partial charge in [0.15, 0.2) is 0 Å². The Balaban J connectivity index is 1.92. The number of hydrogen-bond donors (Lipinski definition) is 2. The number of aromatic nitrogens is 2. The van der Waals surface area contributed by atoms with Crippen molar-refractivity contribution >= 4 is 27.1 Å². The zero-order valence-electron chi connectivity index (χ0n) is 20.9. The first-order valence-corrected chi connectivity index (χ1v) is 13.4. The number of sulfonamides is 1. The second-order valence-corrected chi connectivity index (χ2v) is 10.9. The summed E-state index contributed by atoms with van der Waals surface area (Å²) in [6.07, 6.45) is -1.20. The van der Waals surface area contributed by atoms with Crippen molar-refractivity contribution in [2.45, 2.75) is 38.6 Å². The molecule has 38 heavy (non-hydrogen) atoms. The highest BCUT2D eigenvalue weighted by atomic mass is 32.2. The van der Waals surface area contributed by atoms with E-state index in [0.717, 1.165) is 22.3 Å². The van der Waals surface area contributed by atoms with Gasteiger partial charge in [-0.15, -0.1) is 4.99 Å². The van der Waals surface area contributed by atoms with Crippen molar-refractivity contribution < 1.29 is 27.1 Å². The number of fused-ring (bicyclic) bond motifs is 1. The molecule has 0 unspecified atom stereocenters. The molecule has 4 aromatic rings. The van der Waals surface area contributed by atoms with E-state index in [9.17, 15) is 27.1 Å². The monoisotopic (exact) mass is 542 g/mol. The highest BCUT2D eigenvalue weighted by molar-refractivity contribution is 7.89. The SMILES string of the molecule is Cc1ccc(C[C@@H](CNS(=O)(=O)C(F)F)n2/c(=N/C(=O)O)n(Cc3ccc(C)cc3)c3ccccc32)cc1. The van der Waals surface area contributed by atoms with Crippen LogP contribution in [0.1, 0.15) is 28.3 Å². The Hall–Kier alpha value is -3.83. The highest BCUT2D eigenvalue weighted by Crippen LogP contribution is 2.22. The standard InChI is InChI=1S/C27H28F2N4O4S/c1-18-7-11-20(12-8-18)15-22(16-30-38(36,37)25(28)29)33-24-6-4-3-5-23(24)32(26(33)31-27(34)35)17-21-13-9-19(2)10-14-21/h3-14,22,25,30H,15-17H2,1-2H3,(H,34,35)/b31-26+/t22-/m0/s1. The molecule has 0 bridgehead atoms. The second-order valence-electron chi connectivity index (χ2n) is 9.12. The molecule has 0 aliphatic carbocycles. The largest absolute Gasteiger partial charge is 0.463 e. The first-order chi connectivity index (χ1) is 18.0. The summed E-state index contributed by atoms with van der Waals surface area (Å²) in [5, 5.41) is 9.67. The van der Waals surface area contributed by atoms with Crippen LogP contribution in [0.4, 0.5) is 13.6 Å². The number of benzene rings is 3. The summed E-state index contributed by atoms with van der Waals surface area (Å²) in [4.78, 5) is 15.8. The van der Waals surface area contributed by atoms with E-state index in [1.165, 1.54) is 0 Å². The van der Waals surface area contributed by atoms with Gasteiger partial charge in [0.05, 0.1) is 23.6 Å². The molecule has 1 atom stereocenters. The topological polar surface area (TPSA) is 106 Å². The van der Waals surface area contributed by atoms with Gasteiger partial charge in [0.2, 0.25) is 5.62 Å². The van der Waals surface area contributed by atoms with Crippen molar-refractivity contribution in [3.63, 3.8) is 0 Å². The summed E-state index contributed by atoms with van der Waals surface area (Å²) >= 11 is 0. The Kier molecular flexibility index (Phi) is 8.08. The average Bonchev–Trinajstić information content (AvgIpc) is 3.16. The van der Waals surface area contributed by atoms with Crippen LogP contribution in [0.2, 0.25) is 0 Å². The van der Waals surface area contributed by atoms with Crippen LogP contribution < -0.4 is 10.3 Å². The van der Waals surface area contributed by atoms with E-state index in [4.69, 9.17) is 0 Å². The minimum Gasteiger partial charge on any atom is -0.463 e. The molecule has 1 heterocycles. The minimum absolute atomic E-state index is 0.0626. The van der Waals surface area contributed by atoms with E-state index in [1.807, 2.05) is 73.2 Å². The van der Waals surface area contributed by atoms with Crippen molar-refractivity contribution in [3.8, 4) is 0 Å². The van der Waals surface area contributed by atoms with E-state index in [-0.39, 0.29) is 12.0 Å². The number of imidazole rings is 1. The molecule has 0 spiro atoms. The number of carboxylic acid groups (broad SMARTS) is 1. The van der Waals surface area contributed by atoms with Crippen LogP contribution in [-0.4, -0.2) is 41.1 Å². The number of nitrogens with one attached hydrogen (secondary N) is 1. The number of halogens is 2. The molecule has 0 fully saturated rings. The number of carbonyl (C=O) groups is 1. The number of para-hydroxylation sites is 2. The predicted octanol–water partition coefficient (Wildman–Crippen LogP) is 4.61. The molecule has 11 heteroatoms. The molecule has 200 valence electrons. The molecular weight excluding hydrogens is 514 g/mol. The van der Waals surface area contributed by atoms with Crippen LogP contribution in [0, 0.1) is 13.8 Å². The molecule has 0 saturated carbocycles. The second kappa shape index (κ2) is 11.3. The van der Waals surface area contributed by atoms with Gasteiger partial charge in [-0.3, -0.25) is 0 Å². The molecule has 8 nitrogen and oxygen atoms in total. The fourth-order valence-electron chi connectivity index (χ4n) is 4.36. The van der Waals surface area contributed by atoms with Gasteiger partial charge in [-0.1, -0.05) is 71.8 Å². The Morgan fingerprint density at radius 2 is 1.47 bits per heavy atom. The number of amides is 1. The number of nitrogens with zero attached hydrogens (tertiary/aromatic N) is 3. The van der Waals surface area contributed by atoms with Crippen LogP contribution in [0.5, 0.6) is 0 Å². The van der Waals surface area contributed by atoms with Crippen LogP contribution in [0.15, 0.2) is 77.8 Å². The number of hydrogen-bond acceptors (Lipinski definition) is 3. The Morgan fingerprint density at radius 1 is 0.921 bits per heavy atom. The summed E-state index contributed by atoms with van der Waals surface area (Å²) in [7, 11) is -4.89. The van der Waals surface area contributed by atoms with Gasteiger partial charge in [0.1, 0.15) is 0 Å². The molecular formula is C27H28F2N4O4S. The predicted molar refractivity (Wildman–Crippen MR) is 141 cm³/mol. The van der Waals surface area contributed by atoms with E-state index in [0.29, 0.717) is 17.6 Å². The zero-order valence-corrected chi connectivity index (χ0v) is 21.7. The molecule has 0 aliphatic heterocycles. The summed E-state index contributed by atoms with van der Waals surface area (Å²) in [5.74, 6) is -3.60. The van der Waals surface area contributed by atoms with Crippen molar-refractivity contribution in [1.82, 2.24) is 13.9 Å². The lowest BCUT2D eigenvalue weighted by molar-refractivity contribution is 0.204. The van der Waals surface area contributed by atoms with Gasteiger partial charge in [0.25, 0.3) is 10.0 Å². The molecule has 2 N–H and O–H groups in total. The average molecular weight is 543 g/mol. The normalized spacial score (nSPS) is 13.3. The van der Waals surface area contributed by atoms with Gasteiger partial charge in [-0.25, -0.2) is 17.9 Å². The van der Waals surface area contributed by atoms with E-state index in [2.05, 4.69) is 4.99 Å². The van der Waals surface area contributed by atoms with E-state index >= 15 is 0 Å². The fourth-order valence-corrected chi connectivity index (χ4v) is 4.91. The fraction of sp³-hybridized carbons (Fsp3) is 0.259. The number of aryl methyl sites for hydroxylation is 2. The molecule has 4 rings (SSSR count). The van der Waals surface area contributed by atoms with Gasteiger partial charge in [-0.2, -0.15) is 8.78 Å². The maximum Gasteiger partial charge on any atom is 0.434 e. The van der Waals surface area contributed by atoms with Crippen LogP contribution in [-0.2, 0) is 23.0 Å². The van der Waals surface area contributed by atoms with Crippen LogP contribution in [0.3, 0.4) is 0 Å².